The molecule has 0 saturated carbocycles. The van der Waals surface area contributed by atoms with Gasteiger partial charge in [-0.2, -0.15) is 0 Å². The molecule has 1 aliphatic heterocycles. The van der Waals surface area contributed by atoms with Gasteiger partial charge in [0, 0.05) is 26.2 Å². The predicted octanol–water partition coefficient (Wildman–Crippen LogP) is 1.41. The summed E-state index contributed by atoms with van der Waals surface area (Å²) in [7, 11) is 2.15. The SMILES string of the molecule is CN1CCN(Cc2nnc(Cc3ccccc3)o2)CC1. The van der Waals surface area contributed by atoms with Gasteiger partial charge in [0.25, 0.3) is 0 Å². The number of hydrogen-bond acceptors (Lipinski definition) is 5. The lowest BCUT2D eigenvalue weighted by atomic mass is 10.2. The largest absolute Gasteiger partial charge is 0.424 e. The third-order valence-corrected chi connectivity index (χ3v) is 3.66. The number of likely N-dealkylation sites (N-methyl/N-ethyl adjacent to an activating group) is 1. The van der Waals surface area contributed by atoms with Crippen LogP contribution in [0.25, 0.3) is 0 Å². The van der Waals surface area contributed by atoms with Crippen LogP contribution in [-0.2, 0) is 13.0 Å². The molecule has 1 aliphatic rings. The fourth-order valence-electron chi connectivity index (χ4n) is 2.39. The number of piperazine rings is 1. The molecule has 2 aromatic rings. The van der Waals surface area contributed by atoms with Crippen LogP contribution in [0.15, 0.2) is 34.7 Å². The van der Waals surface area contributed by atoms with Crippen molar-refractivity contribution in [3.05, 3.63) is 47.7 Å². The molecule has 1 fully saturated rings. The van der Waals surface area contributed by atoms with Crippen LogP contribution in [0.4, 0.5) is 0 Å². The highest BCUT2D eigenvalue weighted by molar-refractivity contribution is 5.17. The van der Waals surface area contributed by atoms with E-state index in [2.05, 4.69) is 39.2 Å². The number of nitrogens with zero attached hydrogens (tertiary/aromatic N) is 4. The second-order valence-electron chi connectivity index (χ2n) is 5.33. The van der Waals surface area contributed by atoms with Gasteiger partial charge in [-0.15, -0.1) is 10.2 Å². The van der Waals surface area contributed by atoms with Crippen molar-refractivity contribution in [2.24, 2.45) is 0 Å². The molecular formula is C15H20N4O. The Balaban J connectivity index is 1.57. The summed E-state index contributed by atoms with van der Waals surface area (Å²) in [6.07, 6.45) is 0.705. The van der Waals surface area contributed by atoms with Crippen molar-refractivity contribution in [1.29, 1.82) is 0 Å². The molecule has 0 N–H and O–H groups in total. The Morgan fingerprint density at radius 2 is 1.70 bits per heavy atom. The maximum Gasteiger partial charge on any atom is 0.230 e. The van der Waals surface area contributed by atoms with Gasteiger partial charge >= 0.3 is 0 Å². The van der Waals surface area contributed by atoms with E-state index in [0.29, 0.717) is 12.3 Å². The van der Waals surface area contributed by atoms with Gasteiger partial charge in [-0.3, -0.25) is 4.90 Å². The monoisotopic (exact) mass is 272 g/mol. The first-order chi connectivity index (χ1) is 9.79. The van der Waals surface area contributed by atoms with Crippen LogP contribution in [-0.4, -0.2) is 53.2 Å². The van der Waals surface area contributed by atoms with E-state index >= 15 is 0 Å². The van der Waals surface area contributed by atoms with Crippen molar-refractivity contribution in [1.82, 2.24) is 20.0 Å². The van der Waals surface area contributed by atoms with Crippen molar-refractivity contribution in [3.8, 4) is 0 Å². The van der Waals surface area contributed by atoms with E-state index in [1.54, 1.807) is 0 Å². The van der Waals surface area contributed by atoms with Crippen LogP contribution in [0, 0.1) is 0 Å². The average molecular weight is 272 g/mol. The van der Waals surface area contributed by atoms with Crippen molar-refractivity contribution in [2.45, 2.75) is 13.0 Å². The summed E-state index contributed by atoms with van der Waals surface area (Å²) in [5.41, 5.74) is 1.20. The minimum Gasteiger partial charge on any atom is -0.424 e. The maximum absolute atomic E-state index is 5.74. The first-order valence-corrected chi connectivity index (χ1v) is 7.06. The van der Waals surface area contributed by atoms with Crippen molar-refractivity contribution in [2.75, 3.05) is 33.2 Å². The van der Waals surface area contributed by atoms with E-state index < -0.39 is 0 Å². The molecule has 3 rings (SSSR count). The Morgan fingerprint density at radius 1 is 1.00 bits per heavy atom. The molecule has 0 atom stereocenters. The van der Waals surface area contributed by atoms with Gasteiger partial charge in [0.15, 0.2) is 0 Å². The van der Waals surface area contributed by atoms with Gasteiger partial charge in [-0.05, 0) is 12.6 Å². The first-order valence-electron chi connectivity index (χ1n) is 7.06. The molecule has 0 spiro atoms. The lowest BCUT2D eigenvalue weighted by molar-refractivity contribution is 0.138. The second-order valence-corrected chi connectivity index (χ2v) is 5.33. The highest BCUT2D eigenvalue weighted by atomic mass is 16.4. The van der Waals surface area contributed by atoms with E-state index in [-0.39, 0.29) is 0 Å². The zero-order valence-corrected chi connectivity index (χ0v) is 11.8. The molecule has 0 aliphatic carbocycles. The van der Waals surface area contributed by atoms with Crippen LogP contribution in [0.3, 0.4) is 0 Å². The zero-order chi connectivity index (χ0) is 13.8. The summed E-state index contributed by atoms with van der Waals surface area (Å²) in [5.74, 6) is 1.42. The number of benzene rings is 1. The van der Waals surface area contributed by atoms with Crippen LogP contribution in [0.2, 0.25) is 0 Å². The molecule has 0 unspecified atom stereocenters. The molecule has 5 nitrogen and oxygen atoms in total. The standard InChI is InChI=1S/C15H20N4O/c1-18-7-9-19(10-8-18)12-15-17-16-14(20-15)11-13-5-3-2-4-6-13/h2-6H,7-12H2,1H3. The Labute approximate surface area is 119 Å². The first kappa shape index (κ1) is 13.3. The molecule has 1 aromatic carbocycles. The summed E-state index contributed by atoms with van der Waals surface area (Å²) >= 11 is 0. The van der Waals surface area contributed by atoms with Crippen LogP contribution >= 0.6 is 0 Å². The number of rotatable bonds is 4. The number of hydrogen-bond donors (Lipinski definition) is 0. The Morgan fingerprint density at radius 3 is 2.45 bits per heavy atom. The summed E-state index contributed by atoms with van der Waals surface area (Å²) in [4.78, 5) is 4.70. The predicted molar refractivity (Wildman–Crippen MR) is 76.3 cm³/mol. The molecular weight excluding hydrogens is 252 g/mol. The molecule has 1 aromatic heterocycles. The molecule has 0 radical (unpaired) electrons. The maximum atomic E-state index is 5.74. The molecule has 5 heteroatoms. The minimum absolute atomic E-state index is 0.695. The van der Waals surface area contributed by atoms with E-state index in [1.807, 2.05) is 18.2 Å². The van der Waals surface area contributed by atoms with Crippen molar-refractivity contribution >= 4 is 0 Å². The molecule has 0 amide bonds. The quantitative estimate of drug-likeness (QED) is 0.842. The van der Waals surface area contributed by atoms with Crippen LogP contribution in [0.1, 0.15) is 17.3 Å². The summed E-state index contributed by atoms with van der Waals surface area (Å²) in [6.45, 7) is 5.09. The van der Waals surface area contributed by atoms with E-state index in [1.165, 1.54) is 5.56 Å². The van der Waals surface area contributed by atoms with Gasteiger partial charge in [0.05, 0.1) is 13.0 Å². The Bertz CT molecular complexity index is 532. The highest BCUT2D eigenvalue weighted by Gasteiger charge is 2.16. The van der Waals surface area contributed by atoms with Crippen LogP contribution < -0.4 is 0 Å². The lowest BCUT2D eigenvalue weighted by Gasteiger charge is -2.31. The fraction of sp³-hybridized carbons (Fsp3) is 0.467. The van der Waals surface area contributed by atoms with Crippen molar-refractivity contribution < 1.29 is 4.42 Å². The topological polar surface area (TPSA) is 45.4 Å². The van der Waals surface area contributed by atoms with E-state index in [9.17, 15) is 0 Å². The normalized spacial score (nSPS) is 17.4. The number of aromatic nitrogens is 2. The highest BCUT2D eigenvalue weighted by Crippen LogP contribution is 2.10. The molecule has 2 heterocycles. The van der Waals surface area contributed by atoms with E-state index in [0.717, 1.165) is 38.6 Å². The molecule has 106 valence electrons. The summed E-state index contributed by atoms with van der Waals surface area (Å²) in [5, 5.41) is 8.29. The fourth-order valence-corrected chi connectivity index (χ4v) is 2.39. The molecule has 0 bridgehead atoms. The van der Waals surface area contributed by atoms with Gasteiger partial charge in [0.2, 0.25) is 11.8 Å². The van der Waals surface area contributed by atoms with Gasteiger partial charge < -0.3 is 9.32 Å². The minimum atomic E-state index is 0.695. The van der Waals surface area contributed by atoms with Gasteiger partial charge in [-0.1, -0.05) is 30.3 Å². The summed E-state index contributed by atoms with van der Waals surface area (Å²) in [6, 6.07) is 10.2. The molecule has 20 heavy (non-hydrogen) atoms. The third kappa shape index (κ3) is 3.43. The lowest BCUT2D eigenvalue weighted by Crippen LogP contribution is -2.43. The van der Waals surface area contributed by atoms with E-state index in [4.69, 9.17) is 4.42 Å². The Hall–Kier alpha value is -1.72. The average Bonchev–Trinajstić information content (AvgIpc) is 2.90. The van der Waals surface area contributed by atoms with Crippen molar-refractivity contribution in [3.63, 3.8) is 0 Å². The Kier molecular flexibility index (Phi) is 4.08. The smallest absolute Gasteiger partial charge is 0.230 e. The third-order valence-electron chi connectivity index (χ3n) is 3.66. The van der Waals surface area contributed by atoms with Gasteiger partial charge in [0.1, 0.15) is 0 Å². The summed E-state index contributed by atoms with van der Waals surface area (Å²) < 4.78 is 5.74. The zero-order valence-electron chi connectivity index (χ0n) is 11.8. The van der Waals surface area contributed by atoms with Crippen LogP contribution in [0.5, 0.6) is 0 Å². The van der Waals surface area contributed by atoms with Gasteiger partial charge in [-0.25, -0.2) is 0 Å². The second kappa shape index (κ2) is 6.15. The molecule has 1 saturated heterocycles.